The molecule has 3 aliphatic rings. The highest BCUT2D eigenvalue weighted by atomic mass is 35.5. The molecule has 142 valence electrons. The van der Waals surface area contributed by atoms with Crippen LogP contribution in [-0.2, 0) is 5.41 Å². The Kier molecular flexibility index (Phi) is 3.90. The fraction of sp³-hybridized carbons (Fsp3) is 0.476. The van der Waals surface area contributed by atoms with E-state index in [0.29, 0.717) is 25.5 Å². The number of carbonyl (C=O) groups excluding carboxylic acids is 1. The Morgan fingerprint density at radius 3 is 2.52 bits per heavy atom. The van der Waals surface area contributed by atoms with Crippen LogP contribution in [0.3, 0.4) is 0 Å². The van der Waals surface area contributed by atoms with E-state index in [2.05, 4.69) is 19.1 Å². The summed E-state index contributed by atoms with van der Waals surface area (Å²) in [5.41, 5.74) is 2.45. The zero-order chi connectivity index (χ0) is 18.6. The molecule has 2 aliphatic heterocycles. The normalized spacial score (nSPS) is 22.7. The molecule has 5 nitrogen and oxygen atoms in total. The van der Waals surface area contributed by atoms with E-state index in [4.69, 9.17) is 25.5 Å². The molecule has 0 N–H and O–H groups in total. The molecular formula is C21H22ClNO4. The third-order valence-corrected chi connectivity index (χ3v) is 6.48. The molecule has 1 amide bonds. The molecule has 1 aliphatic carbocycles. The van der Waals surface area contributed by atoms with Crippen LogP contribution in [0.15, 0.2) is 28.7 Å². The van der Waals surface area contributed by atoms with E-state index < -0.39 is 0 Å². The smallest absolute Gasteiger partial charge is 0.290 e. The van der Waals surface area contributed by atoms with Gasteiger partial charge in [-0.15, -0.1) is 0 Å². The fourth-order valence-electron chi connectivity index (χ4n) is 4.92. The first-order valence-electron chi connectivity index (χ1n) is 9.58. The average Bonchev–Trinajstić information content (AvgIpc) is 3.33. The molecule has 0 saturated heterocycles. The van der Waals surface area contributed by atoms with Gasteiger partial charge >= 0.3 is 0 Å². The number of benzene rings is 1. The molecule has 0 unspecified atom stereocenters. The third kappa shape index (κ3) is 2.63. The van der Waals surface area contributed by atoms with Gasteiger partial charge in [-0.05, 0) is 66.8 Å². The van der Waals surface area contributed by atoms with Crippen molar-refractivity contribution in [3.05, 3.63) is 46.4 Å². The van der Waals surface area contributed by atoms with Gasteiger partial charge in [0.15, 0.2) is 22.5 Å². The van der Waals surface area contributed by atoms with E-state index in [1.807, 2.05) is 4.90 Å². The quantitative estimate of drug-likeness (QED) is 0.709. The van der Waals surface area contributed by atoms with Crippen LogP contribution >= 0.6 is 11.6 Å². The summed E-state index contributed by atoms with van der Waals surface area (Å²) in [4.78, 5) is 15.1. The zero-order valence-corrected chi connectivity index (χ0v) is 16.1. The van der Waals surface area contributed by atoms with Gasteiger partial charge in [0.1, 0.15) is 13.2 Å². The molecule has 1 aromatic heterocycles. The SMILES string of the molecule is C[C@H]1c2cc3c(cc2C2(CCCC2)CN1C(=O)c1ccc(Cl)o1)OCCO3. The van der Waals surface area contributed by atoms with Gasteiger partial charge in [-0.1, -0.05) is 12.8 Å². The predicted octanol–water partition coefficient (Wildman–Crippen LogP) is 4.73. The number of halogens is 1. The van der Waals surface area contributed by atoms with E-state index in [1.54, 1.807) is 12.1 Å². The van der Waals surface area contributed by atoms with Crippen LogP contribution in [0.2, 0.25) is 5.22 Å². The Hall–Kier alpha value is -2.14. The topological polar surface area (TPSA) is 51.9 Å². The molecule has 2 aromatic rings. The molecule has 1 aromatic carbocycles. The van der Waals surface area contributed by atoms with E-state index in [0.717, 1.165) is 29.9 Å². The molecule has 0 radical (unpaired) electrons. The maximum atomic E-state index is 13.2. The highest BCUT2D eigenvalue weighted by molar-refractivity contribution is 6.29. The van der Waals surface area contributed by atoms with E-state index >= 15 is 0 Å². The number of rotatable bonds is 1. The molecule has 1 atom stereocenters. The summed E-state index contributed by atoms with van der Waals surface area (Å²) in [5, 5.41) is 0.235. The van der Waals surface area contributed by atoms with Crippen molar-refractivity contribution < 1.29 is 18.7 Å². The number of hydrogen-bond donors (Lipinski definition) is 0. The lowest BCUT2D eigenvalue weighted by molar-refractivity contribution is 0.0561. The molecule has 5 rings (SSSR count). The van der Waals surface area contributed by atoms with Crippen molar-refractivity contribution >= 4 is 17.5 Å². The minimum atomic E-state index is -0.110. The van der Waals surface area contributed by atoms with Crippen LogP contribution in [-0.4, -0.2) is 30.6 Å². The maximum absolute atomic E-state index is 13.2. The number of carbonyl (C=O) groups is 1. The summed E-state index contributed by atoms with van der Waals surface area (Å²) in [6.07, 6.45) is 4.51. The minimum absolute atomic E-state index is 0.0241. The molecule has 6 heteroatoms. The largest absolute Gasteiger partial charge is 0.486 e. The second-order valence-corrected chi connectivity index (χ2v) is 8.16. The number of amides is 1. The molecule has 1 saturated carbocycles. The molecule has 27 heavy (non-hydrogen) atoms. The van der Waals surface area contributed by atoms with Gasteiger partial charge < -0.3 is 18.8 Å². The van der Waals surface area contributed by atoms with Crippen LogP contribution < -0.4 is 9.47 Å². The summed E-state index contributed by atoms with van der Waals surface area (Å²) in [6, 6.07) is 7.43. The van der Waals surface area contributed by atoms with Gasteiger partial charge in [0.2, 0.25) is 0 Å². The Morgan fingerprint density at radius 2 is 1.85 bits per heavy atom. The Balaban J connectivity index is 1.61. The van der Waals surface area contributed by atoms with Gasteiger partial charge in [-0.3, -0.25) is 4.79 Å². The standard InChI is InChI=1S/C21H22ClNO4/c1-13-14-10-17-18(26-9-8-25-17)11-15(14)21(6-2-3-7-21)12-23(13)20(24)16-4-5-19(22)27-16/h4-5,10-11,13H,2-3,6-9,12H2,1H3/t13-/m0/s1. The average molecular weight is 388 g/mol. The van der Waals surface area contributed by atoms with Crippen LogP contribution in [0.1, 0.15) is 60.3 Å². The highest BCUT2D eigenvalue weighted by Crippen LogP contribution is 2.52. The van der Waals surface area contributed by atoms with Crippen molar-refractivity contribution in [2.24, 2.45) is 0 Å². The van der Waals surface area contributed by atoms with Crippen molar-refractivity contribution in [2.75, 3.05) is 19.8 Å². The van der Waals surface area contributed by atoms with Crippen molar-refractivity contribution in [1.29, 1.82) is 0 Å². The van der Waals surface area contributed by atoms with Crippen LogP contribution in [0.5, 0.6) is 11.5 Å². The lowest BCUT2D eigenvalue weighted by Crippen LogP contribution is -2.48. The lowest BCUT2D eigenvalue weighted by atomic mass is 9.71. The maximum Gasteiger partial charge on any atom is 0.290 e. The van der Waals surface area contributed by atoms with E-state index in [9.17, 15) is 4.79 Å². The van der Waals surface area contributed by atoms with Gasteiger partial charge in [-0.25, -0.2) is 0 Å². The molecule has 3 heterocycles. The van der Waals surface area contributed by atoms with Crippen molar-refractivity contribution in [3.63, 3.8) is 0 Å². The number of hydrogen-bond acceptors (Lipinski definition) is 4. The summed E-state index contributed by atoms with van der Waals surface area (Å²) < 4.78 is 17.1. The highest BCUT2D eigenvalue weighted by Gasteiger charge is 2.46. The van der Waals surface area contributed by atoms with Gasteiger partial charge in [0.05, 0.1) is 6.04 Å². The summed E-state index contributed by atoms with van der Waals surface area (Å²) >= 11 is 5.89. The zero-order valence-electron chi connectivity index (χ0n) is 15.3. The molecule has 1 spiro atoms. The predicted molar refractivity (Wildman–Crippen MR) is 101 cm³/mol. The van der Waals surface area contributed by atoms with Crippen LogP contribution in [0.25, 0.3) is 0 Å². The first-order chi connectivity index (χ1) is 13.1. The number of furan rings is 1. The number of ether oxygens (including phenoxy) is 2. The van der Waals surface area contributed by atoms with Crippen LogP contribution in [0, 0.1) is 0 Å². The Labute approximate surface area is 163 Å². The van der Waals surface area contributed by atoms with Crippen molar-refractivity contribution in [2.45, 2.75) is 44.1 Å². The molecule has 0 bridgehead atoms. The minimum Gasteiger partial charge on any atom is -0.486 e. The van der Waals surface area contributed by atoms with Crippen LogP contribution in [0.4, 0.5) is 0 Å². The van der Waals surface area contributed by atoms with Gasteiger partial charge in [0, 0.05) is 12.0 Å². The number of fused-ring (bicyclic) bond motifs is 3. The molecular weight excluding hydrogens is 366 g/mol. The fourth-order valence-corrected chi connectivity index (χ4v) is 5.07. The van der Waals surface area contributed by atoms with Crippen molar-refractivity contribution in [3.8, 4) is 11.5 Å². The Morgan fingerprint density at radius 1 is 1.15 bits per heavy atom. The van der Waals surface area contributed by atoms with E-state index in [1.165, 1.54) is 18.4 Å². The van der Waals surface area contributed by atoms with E-state index in [-0.39, 0.29) is 22.6 Å². The first kappa shape index (κ1) is 17.0. The molecule has 1 fully saturated rings. The number of nitrogens with zero attached hydrogens (tertiary/aromatic N) is 1. The monoisotopic (exact) mass is 387 g/mol. The van der Waals surface area contributed by atoms with Gasteiger partial charge in [-0.2, -0.15) is 0 Å². The Bertz CT molecular complexity index is 900. The summed E-state index contributed by atoms with van der Waals surface area (Å²) in [6.45, 7) is 3.90. The lowest BCUT2D eigenvalue weighted by Gasteiger charge is -2.46. The summed E-state index contributed by atoms with van der Waals surface area (Å²) in [7, 11) is 0. The second kappa shape index (κ2) is 6.20. The second-order valence-electron chi connectivity index (χ2n) is 7.78. The van der Waals surface area contributed by atoms with Crippen molar-refractivity contribution in [1.82, 2.24) is 4.90 Å². The van der Waals surface area contributed by atoms with Gasteiger partial charge in [0.25, 0.3) is 5.91 Å². The third-order valence-electron chi connectivity index (χ3n) is 6.28. The summed E-state index contributed by atoms with van der Waals surface area (Å²) in [5.74, 6) is 1.79. The first-order valence-corrected chi connectivity index (χ1v) is 9.96.